The Balaban J connectivity index is 2.33. The summed E-state index contributed by atoms with van der Waals surface area (Å²) in [4.78, 5) is 16.6. The molecular weight excluding hydrogens is 234 g/mol. The molecule has 0 spiro atoms. The topological polar surface area (TPSA) is 101 Å². The maximum absolute atomic E-state index is 9.01. The molecule has 8 heteroatoms. The minimum absolute atomic E-state index is 0.000971. The van der Waals surface area contributed by atoms with Gasteiger partial charge < -0.3 is 15.7 Å². The Hall–Kier alpha value is -2.22. The number of aliphatic hydroxyl groups is 1. The highest BCUT2D eigenvalue weighted by Crippen LogP contribution is 2.09. The maximum atomic E-state index is 9.01. The number of anilines is 2. The average Bonchev–Trinajstić information content (AvgIpc) is 2.92. The molecule has 0 aromatic carbocycles. The van der Waals surface area contributed by atoms with E-state index in [0.29, 0.717) is 17.8 Å². The van der Waals surface area contributed by atoms with Gasteiger partial charge in [0.25, 0.3) is 0 Å². The van der Waals surface area contributed by atoms with Gasteiger partial charge in [-0.3, -0.25) is 4.57 Å². The molecule has 2 aromatic rings. The standard InChI is InChI=1S/C10H15N7O/c1-7(5-18)13-9-14-8(11-2)15-10(16-9)17-4-3-12-6-17/h3-4,6-7,18H,5H2,1-2H3,(H2,11,13,14,15,16). The van der Waals surface area contributed by atoms with Crippen LogP contribution in [0.3, 0.4) is 0 Å². The molecule has 18 heavy (non-hydrogen) atoms. The van der Waals surface area contributed by atoms with Crippen molar-refractivity contribution in [2.75, 3.05) is 24.3 Å². The van der Waals surface area contributed by atoms with E-state index in [1.54, 1.807) is 30.3 Å². The lowest BCUT2D eigenvalue weighted by Crippen LogP contribution is -2.22. The van der Waals surface area contributed by atoms with Crippen LogP contribution in [-0.4, -0.2) is 49.3 Å². The van der Waals surface area contributed by atoms with Crippen molar-refractivity contribution in [3.8, 4) is 5.95 Å². The summed E-state index contributed by atoms with van der Waals surface area (Å²) >= 11 is 0. The second-order valence-corrected chi connectivity index (χ2v) is 3.73. The Kier molecular flexibility index (Phi) is 3.68. The van der Waals surface area contributed by atoms with Gasteiger partial charge in [-0.15, -0.1) is 0 Å². The van der Waals surface area contributed by atoms with Crippen LogP contribution in [0.1, 0.15) is 6.92 Å². The van der Waals surface area contributed by atoms with Gasteiger partial charge in [0.05, 0.1) is 6.61 Å². The summed E-state index contributed by atoms with van der Waals surface area (Å²) in [5.74, 6) is 1.31. The van der Waals surface area contributed by atoms with E-state index in [1.165, 1.54) is 0 Å². The minimum atomic E-state index is -0.132. The van der Waals surface area contributed by atoms with Gasteiger partial charge in [0, 0.05) is 25.5 Å². The minimum Gasteiger partial charge on any atom is -0.394 e. The second kappa shape index (κ2) is 5.41. The van der Waals surface area contributed by atoms with Gasteiger partial charge in [0.15, 0.2) is 0 Å². The van der Waals surface area contributed by atoms with Crippen LogP contribution in [0.4, 0.5) is 11.9 Å². The van der Waals surface area contributed by atoms with E-state index in [2.05, 4.69) is 30.6 Å². The molecule has 1 atom stereocenters. The molecule has 0 radical (unpaired) electrons. The third-order valence-corrected chi connectivity index (χ3v) is 2.23. The Labute approximate surface area is 104 Å². The number of rotatable bonds is 5. The van der Waals surface area contributed by atoms with Crippen molar-refractivity contribution in [1.82, 2.24) is 24.5 Å². The molecule has 1 unspecified atom stereocenters. The Morgan fingerprint density at radius 1 is 1.33 bits per heavy atom. The van der Waals surface area contributed by atoms with Crippen LogP contribution >= 0.6 is 0 Å². The average molecular weight is 249 g/mol. The van der Waals surface area contributed by atoms with Crippen LogP contribution in [0.15, 0.2) is 18.7 Å². The number of hydrogen-bond donors (Lipinski definition) is 3. The molecule has 2 heterocycles. The van der Waals surface area contributed by atoms with E-state index in [-0.39, 0.29) is 12.6 Å². The number of hydrogen-bond acceptors (Lipinski definition) is 7. The molecule has 96 valence electrons. The molecule has 3 N–H and O–H groups in total. The zero-order valence-corrected chi connectivity index (χ0v) is 10.2. The summed E-state index contributed by atoms with van der Waals surface area (Å²) in [6.45, 7) is 1.83. The first-order chi connectivity index (χ1) is 8.72. The number of aromatic nitrogens is 5. The summed E-state index contributed by atoms with van der Waals surface area (Å²) in [5, 5.41) is 14.9. The smallest absolute Gasteiger partial charge is 0.241 e. The summed E-state index contributed by atoms with van der Waals surface area (Å²) < 4.78 is 1.68. The Bertz CT molecular complexity index is 499. The summed E-state index contributed by atoms with van der Waals surface area (Å²) in [6.07, 6.45) is 4.99. The Morgan fingerprint density at radius 3 is 2.72 bits per heavy atom. The molecule has 0 aliphatic carbocycles. The van der Waals surface area contributed by atoms with Gasteiger partial charge in [-0.05, 0) is 6.92 Å². The van der Waals surface area contributed by atoms with E-state index >= 15 is 0 Å². The number of aliphatic hydroxyl groups excluding tert-OH is 1. The van der Waals surface area contributed by atoms with Crippen LogP contribution in [0, 0.1) is 0 Å². The molecule has 0 saturated heterocycles. The van der Waals surface area contributed by atoms with E-state index in [0.717, 1.165) is 0 Å². The van der Waals surface area contributed by atoms with E-state index in [4.69, 9.17) is 5.11 Å². The summed E-state index contributed by atoms with van der Waals surface area (Å²) in [6, 6.07) is -0.132. The molecule has 2 rings (SSSR count). The monoisotopic (exact) mass is 249 g/mol. The third kappa shape index (κ3) is 2.72. The van der Waals surface area contributed by atoms with E-state index in [9.17, 15) is 0 Å². The van der Waals surface area contributed by atoms with Crippen LogP contribution in [-0.2, 0) is 0 Å². The predicted molar refractivity (Wildman–Crippen MR) is 66.7 cm³/mol. The highest BCUT2D eigenvalue weighted by molar-refractivity contribution is 5.38. The van der Waals surface area contributed by atoms with Crippen LogP contribution < -0.4 is 10.6 Å². The molecule has 8 nitrogen and oxygen atoms in total. The van der Waals surface area contributed by atoms with Crippen molar-refractivity contribution in [2.45, 2.75) is 13.0 Å². The van der Waals surface area contributed by atoms with Crippen molar-refractivity contribution in [1.29, 1.82) is 0 Å². The van der Waals surface area contributed by atoms with Crippen molar-refractivity contribution < 1.29 is 5.11 Å². The molecule has 0 aliphatic rings. The molecule has 0 bridgehead atoms. The number of nitrogens with zero attached hydrogens (tertiary/aromatic N) is 5. The largest absolute Gasteiger partial charge is 0.394 e. The fourth-order valence-electron chi connectivity index (χ4n) is 1.30. The highest BCUT2D eigenvalue weighted by atomic mass is 16.3. The van der Waals surface area contributed by atoms with Gasteiger partial charge in [0.2, 0.25) is 17.8 Å². The zero-order valence-electron chi connectivity index (χ0n) is 10.2. The zero-order chi connectivity index (χ0) is 13.0. The molecule has 0 amide bonds. The fraction of sp³-hybridized carbons (Fsp3) is 0.400. The van der Waals surface area contributed by atoms with Crippen molar-refractivity contribution in [3.63, 3.8) is 0 Å². The lowest BCUT2D eigenvalue weighted by Gasteiger charge is -2.12. The van der Waals surface area contributed by atoms with E-state index in [1.807, 2.05) is 6.92 Å². The second-order valence-electron chi connectivity index (χ2n) is 3.73. The first-order valence-electron chi connectivity index (χ1n) is 5.52. The molecule has 0 saturated carbocycles. The quantitative estimate of drug-likeness (QED) is 0.679. The van der Waals surface area contributed by atoms with Gasteiger partial charge in [-0.1, -0.05) is 0 Å². The summed E-state index contributed by atoms with van der Waals surface area (Å²) in [5.41, 5.74) is 0. The first-order valence-corrected chi connectivity index (χ1v) is 5.52. The molecule has 0 aliphatic heterocycles. The van der Waals surface area contributed by atoms with E-state index < -0.39 is 0 Å². The van der Waals surface area contributed by atoms with Gasteiger partial charge >= 0.3 is 0 Å². The predicted octanol–water partition coefficient (Wildman–Crippen LogP) is -0.108. The molecule has 2 aromatic heterocycles. The molecule has 0 fully saturated rings. The highest BCUT2D eigenvalue weighted by Gasteiger charge is 2.09. The van der Waals surface area contributed by atoms with Crippen molar-refractivity contribution >= 4 is 11.9 Å². The van der Waals surface area contributed by atoms with Crippen LogP contribution in [0.25, 0.3) is 5.95 Å². The van der Waals surface area contributed by atoms with Gasteiger partial charge in [-0.25, -0.2) is 4.98 Å². The maximum Gasteiger partial charge on any atom is 0.241 e. The molecular formula is C10H15N7O. The fourth-order valence-corrected chi connectivity index (χ4v) is 1.30. The first kappa shape index (κ1) is 12.2. The van der Waals surface area contributed by atoms with Crippen molar-refractivity contribution in [2.24, 2.45) is 0 Å². The van der Waals surface area contributed by atoms with Gasteiger partial charge in [0.1, 0.15) is 6.33 Å². The third-order valence-electron chi connectivity index (χ3n) is 2.23. The van der Waals surface area contributed by atoms with Gasteiger partial charge in [-0.2, -0.15) is 15.0 Å². The van der Waals surface area contributed by atoms with Crippen LogP contribution in [0.2, 0.25) is 0 Å². The van der Waals surface area contributed by atoms with Crippen LogP contribution in [0.5, 0.6) is 0 Å². The number of nitrogens with one attached hydrogen (secondary N) is 2. The Morgan fingerprint density at radius 2 is 2.11 bits per heavy atom. The summed E-state index contributed by atoms with van der Waals surface area (Å²) in [7, 11) is 1.73. The normalized spacial score (nSPS) is 12.2. The lowest BCUT2D eigenvalue weighted by molar-refractivity contribution is 0.281. The lowest BCUT2D eigenvalue weighted by atomic mass is 10.4. The number of imidazole rings is 1. The SMILES string of the molecule is CNc1nc(NC(C)CO)nc(-n2ccnc2)n1. The van der Waals surface area contributed by atoms with Crippen molar-refractivity contribution in [3.05, 3.63) is 18.7 Å².